The van der Waals surface area contributed by atoms with Crippen LogP contribution in [-0.4, -0.2) is 74.4 Å². The van der Waals surface area contributed by atoms with Crippen molar-refractivity contribution in [2.45, 2.75) is 57.5 Å². The topological polar surface area (TPSA) is 64.1 Å². The molecule has 1 amide bonds. The van der Waals surface area contributed by atoms with Gasteiger partial charge in [0, 0.05) is 37.4 Å². The number of aldehydes is 1. The number of benzene rings is 2. The summed E-state index contributed by atoms with van der Waals surface area (Å²) in [7, 11) is 6.00. The average molecular weight is 556 g/mol. The van der Waals surface area contributed by atoms with Gasteiger partial charge in [-0.25, -0.2) is 0 Å². The molecule has 1 saturated carbocycles. The number of piperidine rings is 2. The monoisotopic (exact) mass is 555 g/mol. The van der Waals surface area contributed by atoms with E-state index in [9.17, 15) is 14.7 Å². The highest BCUT2D eigenvalue weighted by Crippen LogP contribution is 2.33. The molecule has 2 aromatic carbocycles. The van der Waals surface area contributed by atoms with E-state index in [0.29, 0.717) is 28.0 Å². The number of amides is 1. The molecule has 214 valence electrons. The number of anilines is 1. The minimum Gasteiger partial charge on any atom is -0.378 e. The number of carbonyl (C=O) groups is 2. The first kappa shape index (κ1) is 31.1. The summed E-state index contributed by atoms with van der Waals surface area (Å²) in [5.74, 6) is 1.17. The molecule has 39 heavy (non-hydrogen) atoms. The Morgan fingerprint density at radius 2 is 1.49 bits per heavy atom. The zero-order chi connectivity index (χ0) is 28.2. The van der Waals surface area contributed by atoms with Gasteiger partial charge in [0.15, 0.2) is 12.4 Å². The second-order valence-corrected chi connectivity index (χ2v) is 11.9. The Bertz CT molecular complexity index is 1010. The maximum absolute atomic E-state index is 12.7. The van der Waals surface area contributed by atoms with Crippen molar-refractivity contribution in [3.05, 3.63) is 64.7 Å². The van der Waals surface area contributed by atoms with Crippen molar-refractivity contribution >= 4 is 29.5 Å². The Hall–Kier alpha value is -2.41. The van der Waals surface area contributed by atoms with E-state index in [4.69, 9.17) is 11.6 Å². The van der Waals surface area contributed by atoms with E-state index >= 15 is 0 Å². The minimum absolute atomic E-state index is 0.179. The van der Waals surface area contributed by atoms with Gasteiger partial charge in [0.2, 0.25) is 0 Å². The summed E-state index contributed by atoms with van der Waals surface area (Å²) in [6, 6.07) is 14.8. The molecule has 3 aliphatic rings. The molecule has 7 heteroatoms. The first-order valence-corrected chi connectivity index (χ1v) is 14.8. The van der Waals surface area contributed by atoms with Crippen LogP contribution in [0.25, 0.3) is 0 Å². The lowest BCUT2D eigenvalue weighted by Crippen LogP contribution is -2.42. The Balaban J connectivity index is 0.000000530. The third kappa shape index (κ3) is 10.6. The van der Waals surface area contributed by atoms with Crippen LogP contribution in [-0.2, 0) is 4.79 Å². The second-order valence-electron chi connectivity index (χ2n) is 11.5. The van der Waals surface area contributed by atoms with Crippen LogP contribution in [0.4, 0.5) is 5.69 Å². The summed E-state index contributed by atoms with van der Waals surface area (Å²) in [4.78, 5) is 29.8. The largest absolute Gasteiger partial charge is 0.378 e. The van der Waals surface area contributed by atoms with E-state index in [1.54, 1.807) is 18.2 Å². The number of halogens is 1. The summed E-state index contributed by atoms with van der Waals surface area (Å²) < 4.78 is 0. The Morgan fingerprint density at radius 3 is 1.97 bits per heavy atom. The zero-order valence-corrected chi connectivity index (χ0v) is 24.7. The fourth-order valence-electron chi connectivity index (χ4n) is 5.05. The van der Waals surface area contributed by atoms with Gasteiger partial charge in [-0.3, -0.25) is 9.59 Å². The van der Waals surface area contributed by atoms with Gasteiger partial charge in [-0.15, -0.1) is 0 Å². The van der Waals surface area contributed by atoms with Crippen LogP contribution in [0.3, 0.4) is 0 Å². The molecule has 1 aliphatic carbocycles. The van der Waals surface area contributed by atoms with E-state index in [2.05, 4.69) is 4.90 Å². The molecule has 0 aromatic heterocycles. The van der Waals surface area contributed by atoms with Crippen LogP contribution < -0.4 is 4.90 Å². The Morgan fingerprint density at radius 1 is 0.949 bits per heavy atom. The van der Waals surface area contributed by atoms with Gasteiger partial charge in [0.05, 0.1) is 5.02 Å². The van der Waals surface area contributed by atoms with Gasteiger partial charge in [0.1, 0.15) is 0 Å². The van der Waals surface area contributed by atoms with E-state index in [1.807, 2.05) is 61.3 Å². The van der Waals surface area contributed by atoms with E-state index in [1.165, 1.54) is 25.7 Å². The van der Waals surface area contributed by atoms with Gasteiger partial charge in [-0.2, -0.15) is 0 Å². The minimum atomic E-state index is -1.06. The fourth-order valence-corrected chi connectivity index (χ4v) is 5.27. The smallest absolute Gasteiger partial charge is 0.256 e. The number of likely N-dealkylation sites (tertiary alicyclic amines) is 1. The standard InChI is InChI=1S/C26H31ClN2O3.C3H9N.C3H6/c27-24-17-23(7-6-22(24)18-30)28-12-8-19(9-13-28)16-20-10-14-29(15-11-20)26(32)25(31)21-4-2-1-3-5-21;1-4(2)3;1-2-3-1/h1-7,17-20,25,31H,8-16H2;1-3H3;1-3H2. The number of aliphatic hydroxyl groups excluding tert-OH is 1. The van der Waals surface area contributed by atoms with Crippen molar-refractivity contribution in [3.8, 4) is 0 Å². The highest BCUT2D eigenvalue weighted by atomic mass is 35.5. The highest BCUT2D eigenvalue weighted by Gasteiger charge is 2.30. The lowest BCUT2D eigenvalue weighted by molar-refractivity contribution is -0.142. The third-order valence-electron chi connectivity index (χ3n) is 7.39. The molecule has 2 heterocycles. The predicted molar refractivity (Wildman–Crippen MR) is 161 cm³/mol. The molecule has 0 radical (unpaired) electrons. The maximum atomic E-state index is 12.7. The van der Waals surface area contributed by atoms with Crippen molar-refractivity contribution in [1.29, 1.82) is 0 Å². The van der Waals surface area contributed by atoms with Crippen LogP contribution >= 0.6 is 11.6 Å². The van der Waals surface area contributed by atoms with Crippen molar-refractivity contribution in [1.82, 2.24) is 9.80 Å². The van der Waals surface area contributed by atoms with Gasteiger partial charge >= 0.3 is 0 Å². The van der Waals surface area contributed by atoms with Crippen LogP contribution in [0.5, 0.6) is 0 Å². The molecule has 6 nitrogen and oxygen atoms in total. The molecule has 1 unspecified atom stereocenters. The van der Waals surface area contributed by atoms with E-state index in [-0.39, 0.29) is 5.91 Å². The van der Waals surface area contributed by atoms with Crippen LogP contribution in [0.15, 0.2) is 48.5 Å². The highest BCUT2D eigenvalue weighted by molar-refractivity contribution is 6.33. The summed E-state index contributed by atoms with van der Waals surface area (Å²) in [6.07, 6.45) is 9.76. The molecule has 0 bridgehead atoms. The summed E-state index contributed by atoms with van der Waals surface area (Å²) in [5.41, 5.74) is 2.28. The number of hydrogen-bond acceptors (Lipinski definition) is 5. The number of aliphatic hydroxyl groups is 1. The lowest BCUT2D eigenvalue weighted by atomic mass is 9.82. The lowest BCUT2D eigenvalue weighted by Gasteiger charge is -2.38. The SMILES string of the molecule is C1CC1.CN(C)C.O=Cc1ccc(N2CCC(CC3CCN(C(=O)C(O)c4ccccc4)CC3)CC2)cc1Cl. The zero-order valence-electron chi connectivity index (χ0n) is 23.9. The normalized spacial score (nSPS) is 18.4. The molecule has 2 aromatic rings. The molecular formula is C32H46ClN3O3. The first-order chi connectivity index (χ1) is 18.8. The van der Waals surface area contributed by atoms with Crippen molar-refractivity contribution in [2.24, 2.45) is 11.8 Å². The maximum Gasteiger partial charge on any atom is 0.256 e. The van der Waals surface area contributed by atoms with Gasteiger partial charge < -0.3 is 19.8 Å². The molecular weight excluding hydrogens is 510 g/mol. The van der Waals surface area contributed by atoms with Crippen molar-refractivity contribution in [3.63, 3.8) is 0 Å². The molecule has 0 spiro atoms. The predicted octanol–water partition coefficient (Wildman–Crippen LogP) is 6.08. The third-order valence-corrected chi connectivity index (χ3v) is 7.71. The van der Waals surface area contributed by atoms with Crippen LogP contribution in [0.2, 0.25) is 5.02 Å². The Labute approximate surface area is 239 Å². The molecule has 2 aliphatic heterocycles. The number of carbonyl (C=O) groups excluding carboxylic acids is 2. The number of rotatable bonds is 6. The van der Waals surface area contributed by atoms with E-state index < -0.39 is 6.10 Å². The summed E-state index contributed by atoms with van der Waals surface area (Å²) in [5, 5.41) is 10.9. The average Bonchev–Trinajstić information content (AvgIpc) is 3.83. The quantitative estimate of drug-likeness (QED) is 0.438. The van der Waals surface area contributed by atoms with Crippen LogP contribution in [0.1, 0.15) is 73.4 Å². The fraction of sp³-hybridized carbons (Fsp3) is 0.562. The first-order valence-electron chi connectivity index (χ1n) is 14.4. The molecule has 1 N–H and O–H groups in total. The van der Waals surface area contributed by atoms with Crippen molar-refractivity contribution in [2.75, 3.05) is 52.2 Å². The molecule has 1 atom stereocenters. The summed E-state index contributed by atoms with van der Waals surface area (Å²) >= 11 is 6.19. The number of hydrogen-bond donors (Lipinski definition) is 1. The molecule has 5 rings (SSSR count). The molecule has 2 saturated heterocycles. The molecule has 3 fully saturated rings. The van der Waals surface area contributed by atoms with Crippen LogP contribution in [0, 0.1) is 11.8 Å². The van der Waals surface area contributed by atoms with E-state index in [0.717, 1.165) is 63.8 Å². The Kier molecular flexibility index (Phi) is 12.8. The summed E-state index contributed by atoms with van der Waals surface area (Å²) in [6.45, 7) is 3.46. The number of nitrogens with zero attached hydrogens (tertiary/aromatic N) is 3. The van der Waals surface area contributed by atoms with Gasteiger partial charge in [-0.1, -0.05) is 61.2 Å². The van der Waals surface area contributed by atoms with Crippen molar-refractivity contribution < 1.29 is 14.7 Å². The van der Waals surface area contributed by atoms with Gasteiger partial charge in [0.25, 0.3) is 5.91 Å². The van der Waals surface area contributed by atoms with Gasteiger partial charge in [-0.05, 0) is 88.8 Å². The second kappa shape index (κ2) is 16.0.